The highest BCUT2D eigenvalue weighted by atomic mass is 32.1. The van der Waals surface area contributed by atoms with Crippen molar-refractivity contribution in [2.24, 2.45) is 5.41 Å². The summed E-state index contributed by atoms with van der Waals surface area (Å²) in [4.78, 5) is 13.1. The van der Waals surface area contributed by atoms with E-state index in [4.69, 9.17) is 10.5 Å². The molecule has 1 aliphatic carbocycles. The zero-order valence-corrected chi connectivity index (χ0v) is 17.8. The van der Waals surface area contributed by atoms with Crippen LogP contribution in [0.1, 0.15) is 36.2 Å². The van der Waals surface area contributed by atoms with Gasteiger partial charge in [-0.15, -0.1) is 0 Å². The average Bonchev–Trinajstić information content (AvgIpc) is 3.50. The molecule has 1 aliphatic heterocycles. The van der Waals surface area contributed by atoms with Gasteiger partial charge in [-0.2, -0.15) is 0 Å². The van der Waals surface area contributed by atoms with Crippen LogP contribution in [-0.4, -0.2) is 48.5 Å². The highest BCUT2D eigenvalue weighted by molar-refractivity contribution is 7.22. The summed E-state index contributed by atoms with van der Waals surface area (Å²) in [5.41, 5.74) is 8.89. The van der Waals surface area contributed by atoms with Gasteiger partial charge in [0, 0.05) is 17.0 Å². The molecule has 9 heteroatoms. The molecular formula is C22H23N5O3S. The predicted molar refractivity (Wildman–Crippen MR) is 118 cm³/mol. The van der Waals surface area contributed by atoms with Gasteiger partial charge in [0.1, 0.15) is 18.1 Å². The summed E-state index contributed by atoms with van der Waals surface area (Å²) in [6, 6.07) is 7.77. The molecule has 2 aliphatic rings. The van der Waals surface area contributed by atoms with Gasteiger partial charge >= 0.3 is 0 Å². The van der Waals surface area contributed by atoms with Crippen molar-refractivity contribution in [3.63, 3.8) is 0 Å². The Bertz CT molecular complexity index is 1300. The van der Waals surface area contributed by atoms with E-state index in [-0.39, 0.29) is 12.1 Å². The van der Waals surface area contributed by atoms with Gasteiger partial charge in [0.05, 0.1) is 40.8 Å². The molecule has 0 radical (unpaired) electrons. The molecular weight excluding hydrogens is 414 g/mol. The zero-order valence-electron chi connectivity index (χ0n) is 17.0. The second-order valence-electron chi connectivity index (χ2n) is 8.77. The summed E-state index contributed by atoms with van der Waals surface area (Å²) in [6.07, 6.45) is 2.80. The van der Waals surface area contributed by atoms with E-state index >= 15 is 0 Å². The Morgan fingerprint density at radius 3 is 2.97 bits per heavy atom. The smallest absolute Gasteiger partial charge is 0.181 e. The number of aryl methyl sites for hydroxylation is 1. The van der Waals surface area contributed by atoms with E-state index in [0.29, 0.717) is 24.6 Å². The molecule has 6 rings (SSSR count). The summed E-state index contributed by atoms with van der Waals surface area (Å²) in [7, 11) is 0. The van der Waals surface area contributed by atoms with Crippen LogP contribution in [0.15, 0.2) is 36.8 Å². The first kappa shape index (κ1) is 19.1. The van der Waals surface area contributed by atoms with Gasteiger partial charge in [0.25, 0.3) is 0 Å². The largest absolute Gasteiger partial charge is 0.390 e. The fraction of sp³-hybridized carbons (Fsp3) is 0.409. The first-order valence-corrected chi connectivity index (χ1v) is 11.2. The number of aliphatic hydroxyl groups is 2. The molecule has 2 fully saturated rings. The Labute approximate surface area is 182 Å². The van der Waals surface area contributed by atoms with Crippen molar-refractivity contribution in [3.05, 3.63) is 48.0 Å². The molecule has 1 saturated carbocycles. The third kappa shape index (κ3) is 2.81. The molecule has 31 heavy (non-hydrogen) atoms. The van der Waals surface area contributed by atoms with Crippen LogP contribution >= 0.6 is 11.3 Å². The van der Waals surface area contributed by atoms with E-state index in [1.54, 1.807) is 0 Å². The number of ether oxygens (including phenoxy) is 1. The van der Waals surface area contributed by atoms with Crippen molar-refractivity contribution >= 4 is 37.7 Å². The van der Waals surface area contributed by atoms with Crippen molar-refractivity contribution in [2.45, 2.75) is 44.1 Å². The predicted octanol–water partition coefficient (Wildman–Crippen LogP) is 2.75. The molecule has 1 spiro atoms. The zero-order chi connectivity index (χ0) is 21.3. The highest BCUT2D eigenvalue weighted by Gasteiger charge is 2.57. The van der Waals surface area contributed by atoms with E-state index in [1.165, 1.54) is 17.7 Å². The number of nitrogens with zero attached hydrogens (tertiary/aromatic N) is 4. The van der Waals surface area contributed by atoms with Crippen LogP contribution < -0.4 is 5.73 Å². The number of nitrogens with two attached hydrogens (primary N) is 1. The Morgan fingerprint density at radius 2 is 2.10 bits per heavy atom. The summed E-state index contributed by atoms with van der Waals surface area (Å²) >= 11 is 1.46. The lowest BCUT2D eigenvalue weighted by Gasteiger charge is -2.26. The number of rotatable bonds is 2. The van der Waals surface area contributed by atoms with Crippen LogP contribution in [0.25, 0.3) is 21.3 Å². The Hall–Kier alpha value is -2.59. The summed E-state index contributed by atoms with van der Waals surface area (Å²) in [5, 5.41) is 23.6. The fourth-order valence-electron chi connectivity index (χ4n) is 5.34. The summed E-state index contributed by atoms with van der Waals surface area (Å²) < 4.78 is 9.18. The van der Waals surface area contributed by atoms with Crippen LogP contribution in [0.3, 0.4) is 0 Å². The number of hydrogen-bond acceptors (Lipinski definition) is 8. The van der Waals surface area contributed by atoms with Crippen molar-refractivity contribution in [1.82, 2.24) is 19.5 Å². The van der Waals surface area contributed by atoms with E-state index in [1.807, 2.05) is 42.0 Å². The molecule has 4 heterocycles. The quantitative estimate of drug-likeness (QED) is 0.441. The number of anilines is 1. The van der Waals surface area contributed by atoms with Gasteiger partial charge in [-0.05, 0) is 43.5 Å². The van der Waals surface area contributed by atoms with E-state index in [2.05, 4.69) is 15.0 Å². The standard InChI is InChI=1S/C22H23N5O3S/c1-11-13-4-5-27(20(13)25-10-24-11)15-7-22(19(29)18(15)28)8-16(30-9-22)12-2-3-17-14(6-12)26-21(23)31-17/h2-6,10,15-16,18-19,28-29H,7-9H2,1H3,(H2,23,26)/t15-,16-,18+,19+,22-/m1/s1. The maximum Gasteiger partial charge on any atom is 0.181 e. The number of nitrogen functional groups attached to an aromatic ring is 1. The van der Waals surface area contributed by atoms with Gasteiger partial charge in [-0.25, -0.2) is 15.0 Å². The maximum atomic E-state index is 11.1. The van der Waals surface area contributed by atoms with Crippen molar-refractivity contribution in [2.75, 3.05) is 12.3 Å². The first-order valence-electron chi connectivity index (χ1n) is 10.4. The third-order valence-corrected chi connectivity index (χ3v) is 7.86. The fourth-order valence-corrected chi connectivity index (χ4v) is 6.05. The minimum absolute atomic E-state index is 0.154. The number of hydrogen-bond donors (Lipinski definition) is 3. The molecule has 0 unspecified atom stereocenters. The number of fused-ring (bicyclic) bond motifs is 2. The number of aromatic nitrogens is 4. The van der Waals surface area contributed by atoms with Gasteiger partial charge in [-0.3, -0.25) is 0 Å². The molecule has 0 amide bonds. The lowest BCUT2D eigenvalue weighted by molar-refractivity contribution is -0.0309. The molecule has 4 aromatic rings. The van der Waals surface area contributed by atoms with Crippen LogP contribution in [0.2, 0.25) is 0 Å². The number of aliphatic hydroxyl groups excluding tert-OH is 2. The molecule has 160 valence electrons. The van der Waals surface area contributed by atoms with E-state index < -0.39 is 17.6 Å². The molecule has 0 bridgehead atoms. The Kier molecular flexibility index (Phi) is 4.13. The lowest BCUT2D eigenvalue weighted by atomic mass is 9.80. The van der Waals surface area contributed by atoms with Crippen molar-refractivity contribution in [1.29, 1.82) is 0 Å². The highest BCUT2D eigenvalue weighted by Crippen LogP contribution is 2.54. The Morgan fingerprint density at radius 1 is 1.23 bits per heavy atom. The molecule has 1 aromatic carbocycles. The van der Waals surface area contributed by atoms with Crippen molar-refractivity contribution < 1.29 is 14.9 Å². The summed E-state index contributed by atoms with van der Waals surface area (Å²) in [5.74, 6) is 0. The lowest BCUT2D eigenvalue weighted by Crippen LogP contribution is -2.37. The molecule has 5 atom stereocenters. The Balaban J connectivity index is 1.31. The van der Waals surface area contributed by atoms with Gasteiger partial charge in [-0.1, -0.05) is 17.4 Å². The van der Waals surface area contributed by atoms with E-state index in [9.17, 15) is 10.2 Å². The van der Waals surface area contributed by atoms with Gasteiger partial charge < -0.3 is 25.3 Å². The van der Waals surface area contributed by atoms with Crippen LogP contribution in [-0.2, 0) is 4.74 Å². The summed E-state index contributed by atoms with van der Waals surface area (Å²) in [6.45, 7) is 2.34. The maximum absolute atomic E-state index is 11.1. The number of thiazole rings is 1. The van der Waals surface area contributed by atoms with Crippen molar-refractivity contribution in [3.8, 4) is 0 Å². The van der Waals surface area contributed by atoms with E-state index in [0.717, 1.165) is 32.5 Å². The number of benzene rings is 1. The van der Waals surface area contributed by atoms with Crippen LogP contribution in [0.4, 0.5) is 5.13 Å². The minimum atomic E-state index is -0.894. The van der Waals surface area contributed by atoms with Gasteiger partial charge in [0.2, 0.25) is 0 Å². The SMILES string of the molecule is Cc1ncnc2c1ccn2[C@@H]1C[C@@]2(CO[C@@H](c3ccc4sc(N)nc4c3)C2)[C@@H](O)[C@H]1O. The average molecular weight is 438 g/mol. The second kappa shape index (κ2) is 6.70. The first-order chi connectivity index (χ1) is 14.9. The topological polar surface area (TPSA) is 119 Å². The monoisotopic (exact) mass is 437 g/mol. The van der Waals surface area contributed by atoms with Crippen LogP contribution in [0.5, 0.6) is 0 Å². The molecule has 3 aromatic heterocycles. The minimum Gasteiger partial charge on any atom is -0.390 e. The molecule has 1 saturated heterocycles. The third-order valence-electron chi connectivity index (χ3n) is 6.99. The van der Waals surface area contributed by atoms with Crippen LogP contribution in [0, 0.1) is 12.3 Å². The molecule has 8 nitrogen and oxygen atoms in total. The second-order valence-corrected chi connectivity index (χ2v) is 9.83. The normalized spacial score (nSPS) is 30.8. The molecule has 4 N–H and O–H groups in total. The van der Waals surface area contributed by atoms with Gasteiger partial charge in [0.15, 0.2) is 5.13 Å².